The van der Waals surface area contributed by atoms with E-state index in [4.69, 9.17) is 35.4 Å². The van der Waals surface area contributed by atoms with Crippen LogP contribution in [0.2, 0.25) is 10.0 Å². The molecule has 4 heteroatoms. The topological polar surface area (TPSA) is 15.8 Å². The van der Waals surface area contributed by atoms with E-state index in [2.05, 4.69) is 4.98 Å². The Hall–Kier alpha value is -0.0500. The van der Waals surface area contributed by atoms with Gasteiger partial charge in [0.1, 0.15) is 4.64 Å². The molecule has 0 spiro atoms. The Morgan fingerprint density at radius 1 is 1.44 bits per heavy atom. The second-order valence-corrected chi connectivity index (χ2v) is 2.66. The number of hydrogen-bond acceptors (Lipinski definition) is 1. The predicted octanol–water partition coefficient (Wildman–Crippen LogP) is 3.05. The van der Waals surface area contributed by atoms with Gasteiger partial charge in [0.2, 0.25) is 0 Å². The molecule has 0 saturated heterocycles. The molecule has 0 aromatic carbocycles. The number of pyridine rings is 1. The minimum absolute atomic E-state index is 0.411. The molecule has 0 amide bonds. The van der Waals surface area contributed by atoms with Gasteiger partial charge in [0, 0.05) is 6.20 Å². The van der Waals surface area contributed by atoms with Crippen molar-refractivity contribution in [2.75, 3.05) is 0 Å². The van der Waals surface area contributed by atoms with E-state index < -0.39 is 0 Å². The fraction of sp³-hybridized carbons (Fsp3) is 0. The van der Waals surface area contributed by atoms with E-state index in [9.17, 15) is 0 Å². The van der Waals surface area contributed by atoms with Gasteiger partial charge < -0.3 is 4.98 Å². The third-order valence-electron chi connectivity index (χ3n) is 0.853. The Labute approximate surface area is 67.6 Å². The van der Waals surface area contributed by atoms with Crippen LogP contribution in [0.25, 0.3) is 0 Å². The van der Waals surface area contributed by atoms with Crippen LogP contribution in [0.3, 0.4) is 0 Å². The average molecular weight is 180 g/mol. The Balaban J connectivity index is 3.43. The van der Waals surface area contributed by atoms with E-state index in [-0.39, 0.29) is 0 Å². The van der Waals surface area contributed by atoms with Crippen molar-refractivity contribution in [1.29, 1.82) is 0 Å². The fourth-order valence-electron chi connectivity index (χ4n) is 0.436. The highest BCUT2D eigenvalue weighted by atomic mass is 35.5. The van der Waals surface area contributed by atoms with E-state index in [1.165, 1.54) is 0 Å². The van der Waals surface area contributed by atoms with Crippen molar-refractivity contribution in [2.45, 2.75) is 0 Å². The summed E-state index contributed by atoms with van der Waals surface area (Å²) in [5.74, 6) is 0. The molecule has 1 aromatic rings. The zero-order valence-corrected chi connectivity index (χ0v) is 6.65. The second-order valence-electron chi connectivity index (χ2n) is 1.47. The number of aromatic nitrogens is 1. The van der Waals surface area contributed by atoms with Crippen LogP contribution in [0.15, 0.2) is 12.3 Å². The number of aromatic amines is 1. The van der Waals surface area contributed by atoms with Gasteiger partial charge in [-0.2, -0.15) is 0 Å². The molecule has 1 aromatic heterocycles. The number of rotatable bonds is 0. The first-order chi connectivity index (χ1) is 4.22. The summed E-state index contributed by atoms with van der Waals surface area (Å²) < 4.78 is 0.476. The van der Waals surface area contributed by atoms with Crippen molar-refractivity contribution < 1.29 is 0 Å². The third kappa shape index (κ3) is 1.45. The van der Waals surface area contributed by atoms with Crippen molar-refractivity contribution in [2.24, 2.45) is 0 Å². The van der Waals surface area contributed by atoms with Crippen LogP contribution in [-0.2, 0) is 0 Å². The van der Waals surface area contributed by atoms with Gasteiger partial charge in [0.25, 0.3) is 0 Å². The standard InChI is InChI=1S/C5H3Cl2NS/c6-3-1-2-8-5(9)4(3)7/h1-2H,(H,8,9). The predicted molar refractivity (Wildman–Crippen MR) is 41.6 cm³/mol. The monoisotopic (exact) mass is 179 g/mol. The Kier molecular flexibility index (Phi) is 2.11. The molecular weight excluding hydrogens is 177 g/mol. The molecule has 1 heterocycles. The van der Waals surface area contributed by atoms with Crippen LogP contribution in [-0.4, -0.2) is 4.98 Å². The van der Waals surface area contributed by atoms with Gasteiger partial charge in [-0.3, -0.25) is 0 Å². The molecule has 0 saturated carbocycles. The highest BCUT2D eigenvalue weighted by molar-refractivity contribution is 7.71. The van der Waals surface area contributed by atoms with Gasteiger partial charge in [-0.1, -0.05) is 35.4 Å². The molecule has 0 aliphatic carbocycles. The number of H-pyrrole nitrogens is 1. The van der Waals surface area contributed by atoms with Gasteiger partial charge in [0.05, 0.1) is 10.0 Å². The summed E-state index contributed by atoms with van der Waals surface area (Å²) >= 11 is 16.0. The molecule has 1 N–H and O–H groups in total. The minimum atomic E-state index is 0.411. The fourth-order valence-corrected chi connectivity index (χ4v) is 0.945. The Morgan fingerprint density at radius 2 is 2.11 bits per heavy atom. The lowest BCUT2D eigenvalue weighted by Gasteiger charge is -1.91. The average Bonchev–Trinajstić information content (AvgIpc) is 1.83. The van der Waals surface area contributed by atoms with Crippen LogP contribution < -0.4 is 0 Å². The van der Waals surface area contributed by atoms with Gasteiger partial charge in [-0.25, -0.2) is 0 Å². The zero-order chi connectivity index (χ0) is 6.85. The van der Waals surface area contributed by atoms with E-state index in [1.54, 1.807) is 12.3 Å². The summed E-state index contributed by atoms with van der Waals surface area (Å²) in [6.45, 7) is 0. The van der Waals surface area contributed by atoms with Crippen molar-refractivity contribution >= 4 is 35.4 Å². The van der Waals surface area contributed by atoms with Crippen LogP contribution in [0.5, 0.6) is 0 Å². The van der Waals surface area contributed by atoms with Gasteiger partial charge in [-0.15, -0.1) is 0 Å². The molecule has 0 aliphatic heterocycles. The largest absolute Gasteiger partial charge is 0.352 e. The van der Waals surface area contributed by atoms with Crippen LogP contribution >= 0.6 is 35.4 Å². The summed E-state index contributed by atoms with van der Waals surface area (Å²) in [4.78, 5) is 2.74. The molecule has 1 rings (SSSR count). The second kappa shape index (κ2) is 2.69. The summed E-state index contributed by atoms with van der Waals surface area (Å²) in [6.07, 6.45) is 1.65. The first-order valence-corrected chi connectivity index (χ1v) is 3.41. The molecule has 0 bridgehead atoms. The van der Waals surface area contributed by atoms with Gasteiger partial charge in [-0.05, 0) is 6.07 Å². The Bertz CT molecular complexity index is 268. The molecule has 0 fully saturated rings. The SMILES string of the molecule is S=c1[nH]ccc(Cl)c1Cl. The molecule has 48 valence electrons. The normalized spacial score (nSPS) is 9.56. The van der Waals surface area contributed by atoms with E-state index in [1.807, 2.05) is 0 Å². The van der Waals surface area contributed by atoms with Crippen LogP contribution in [0.1, 0.15) is 0 Å². The number of halogens is 2. The van der Waals surface area contributed by atoms with Crippen molar-refractivity contribution in [3.05, 3.63) is 26.9 Å². The maximum atomic E-state index is 5.61. The van der Waals surface area contributed by atoms with E-state index in [0.717, 1.165) is 0 Å². The number of hydrogen-bond donors (Lipinski definition) is 1. The summed E-state index contributed by atoms with van der Waals surface area (Å²) in [6, 6.07) is 1.65. The summed E-state index contributed by atoms with van der Waals surface area (Å²) in [5.41, 5.74) is 0. The molecule has 0 unspecified atom stereocenters. The van der Waals surface area contributed by atoms with E-state index in [0.29, 0.717) is 14.7 Å². The summed E-state index contributed by atoms with van der Waals surface area (Å²) in [7, 11) is 0. The first-order valence-electron chi connectivity index (χ1n) is 2.24. The highest BCUT2D eigenvalue weighted by Gasteiger charge is 1.94. The molecule has 9 heavy (non-hydrogen) atoms. The van der Waals surface area contributed by atoms with Crippen molar-refractivity contribution in [3.63, 3.8) is 0 Å². The van der Waals surface area contributed by atoms with Gasteiger partial charge >= 0.3 is 0 Å². The first kappa shape index (κ1) is 7.06. The molecule has 1 nitrogen and oxygen atoms in total. The summed E-state index contributed by atoms with van der Waals surface area (Å²) in [5, 5.41) is 0.898. The maximum absolute atomic E-state index is 5.61. The molecule has 0 aliphatic rings. The maximum Gasteiger partial charge on any atom is 0.123 e. The quantitative estimate of drug-likeness (QED) is 0.606. The van der Waals surface area contributed by atoms with Crippen LogP contribution in [0, 0.1) is 4.64 Å². The minimum Gasteiger partial charge on any atom is -0.352 e. The molecular formula is C5H3Cl2NS. The number of nitrogens with one attached hydrogen (secondary N) is 1. The highest BCUT2D eigenvalue weighted by Crippen LogP contribution is 2.20. The van der Waals surface area contributed by atoms with Crippen LogP contribution in [0.4, 0.5) is 0 Å². The lowest BCUT2D eigenvalue weighted by atomic mass is 10.5. The van der Waals surface area contributed by atoms with Crippen molar-refractivity contribution in [1.82, 2.24) is 4.98 Å². The lowest BCUT2D eigenvalue weighted by Crippen LogP contribution is -1.73. The van der Waals surface area contributed by atoms with Gasteiger partial charge in [0.15, 0.2) is 0 Å². The molecule has 0 atom stereocenters. The zero-order valence-electron chi connectivity index (χ0n) is 4.32. The van der Waals surface area contributed by atoms with Crippen molar-refractivity contribution in [3.8, 4) is 0 Å². The molecule has 0 radical (unpaired) electrons. The lowest BCUT2D eigenvalue weighted by molar-refractivity contribution is 1.30. The van der Waals surface area contributed by atoms with E-state index >= 15 is 0 Å². The smallest absolute Gasteiger partial charge is 0.123 e. The third-order valence-corrected chi connectivity index (χ3v) is 2.09. The Morgan fingerprint density at radius 3 is 2.56 bits per heavy atom.